The van der Waals surface area contributed by atoms with E-state index in [0.29, 0.717) is 43.1 Å². The van der Waals surface area contributed by atoms with Crippen molar-refractivity contribution in [3.63, 3.8) is 0 Å². The lowest BCUT2D eigenvalue weighted by Gasteiger charge is -2.38. The fourth-order valence-corrected chi connectivity index (χ4v) is 5.45. The number of carbonyl (C=O) groups is 2. The fourth-order valence-electron chi connectivity index (χ4n) is 5.45. The van der Waals surface area contributed by atoms with Gasteiger partial charge in [-0.2, -0.15) is 13.2 Å². The zero-order valence-electron chi connectivity index (χ0n) is 22.9. The molecule has 10 heteroatoms. The molecule has 2 fully saturated rings. The highest BCUT2D eigenvalue weighted by Gasteiger charge is 2.41. The van der Waals surface area contributed by atoms with Gasteiger partial charge in [-0.3, -0.25) is 9.59 Å². The van der Waals surface area contributed by atoms with Crippen molar-refractivity contribution in [1.82, 2.24) is 9.80 Å². The molecule has 41 heavy (non-hydrogen) atoms. The Bertz CT molecular complexity index is 1430. The number of aryl methyl sites for hydroxylation is 1. The molecule has 0 radical (unpaired) electrons. The van der Waals surface area contributed by atoms with E-state index in [1.165, 1.54) is 19.2 Å². The van der Waals surface area contributed by atoms with Crippen molar-refractivity contribution in [1.29, 1.82) is 0 Å². The van der Waals surface area contributed by atoms with E-state index in [-0.39, 0.29) is 24.8 Å². The van der Waals surface area contributed by atoms with Crippen molar-refractivity contribution in [2.24, 2.45) is 5.16 Å². The van der Waals surface area contributed by atoms with Crippen molar-refractivity contribution < 1.29 is 27.6 Å². The van der Waals surface area contributed by atoms with Crippen LogP contribution in [0.2, 0.25) is 0 Å². The Kier molecular flexibility index (Phi) is 8.01. The number of piperazine rings is 1. The van der Waals surface area contributed by atoms with Gasteiger partial charge in [0.25, 0.3) is 5.91 Å². The number of alkyl halides is 3. The highest BCUT2D eigenvalue weighted by Crippen LogP contribution is 2.31. The van der Waals surface area contributed by atoms with E-state index in [2.05, 4.69) is 5.16 Å². The number of likely N-dealkylation sites (tertiary alicyclic amines) is 1. The molecule has 0 aromatic heterocycles. The van der Waals surface area contributed by atoms with Gasteiger partial charge in [-0.25, -0.2) is 0 Å². The molecule has 2 saturated heterocycles. The van der Waals surface area contributed by atoms with Gasteiger partial charge in [0.2, 0.25) is 5.91 Å². The number of nitrogens with zero attached hydrogens (tertiary/aromatic N) is 4. The molecule has 0 unspecified atom stereocenters. The Morgan fingerprint density at radius 3 is 2.17 bits per heavy atom. The summed E-state index contributed by atoms with van der Waals surface area (Å²) in [4.78, 5) is 37.4. The summed E-state index contributed by atoms with van der Waals surface area (Å²) in [6.07, 6.45) is -4.11. The van der Waals surface area contributed by atoms with Crippen LogP contribution in [0.25, 0.3) is 11.1 Å². The molecular weight excluding hydrogens is 533 g/mol. The molecule has 0 N–H and O–H groups in total. The molecule has 0 saturated carbocycles. The number of hydrogen-bond acceptors (Lipinski definition) is 5. The third-order valence-corrected chi connectivity index (χ3v) is 7.66. The third-order valence-electron chi connectivity index (χ3n) is 7.66. The lowest BCUT2D eigenvalue weighted by atomic mass is 9.99. The van der Waals surface area contributed by atoms with Gasteiger partial charge in [-0.1, -0.05) is 41.6 Å². The predicted octanol–water partition coefficient (Wildman–Crippen LogP) is 5.25. The minimum Gasteiger partial charge on any atom is -0.399 e. The van der Waals surface area contributed by atoms with Crippen molar-refractivity contribution in [3.8, 4) is 11.1 Å². The Balaban J connectivity index is 1.28. The van der Waals surface area contributed by atoms with E-state index in [1.54, 1.807) is 21.9 Å². The van der Waals surface area contributed by atoms with Crippen LogP contribution in [0.5, 0.6) is 0 Å². The summed E-state index contributed by atoms with van der Waals surface area (Å²) in [6, 6.07) is 19.7. The van der Waals surface area contributed by atoms with E-state index in [1.807, 2.05) is 48.2 Å². The van der Waals surface area contributed by atoms with Gasteiger partial charge in [-0.15, -0.1) is 0 Å². The van der Waals surface area contributed by atoms with Crippen molar-refractivity contribution in [3.05, 3.63) is 89.5 Å². The number of amides is 2. The number of benzene rings is 3. The highest BCUT2D eigenvalue weighted by molar-refractivity contribution is 6.05. The Labute approximate surface area is 236 Å². The van der Waals surface area contributed by atoms with Gasteiger partial charge in [-0.05, 0) is 60.0 Å². The minimum absolute atomic E-state index is 0.178. The molecule has 0 aliphatic carbocycles. The van der Waals surface area contributed by atoms with Crippen molar-refractivity contribution >= 4 is 23.2 Å². The van der Waals surface area contributed by atoms with Gasteiger partial charge < -0.3 is 19.5 Å². The van der Waals surface area contributed by atoms with E-state index in [4.69, 9.17) is 4.84 Å². The van der Waals surface area contributed by atoms with E-state index >= 15 is 0 Å². The average Bonchev–Trinajstić information content (AvgIpc) is 3.40. The first kappa shape index (κ1) is 28.2. The molecule has 0 spiro atoms. The predicted molar refractivity (Wildman–Crippen MR) is 151 cm³/mol. The molecule has 0 bridgehead atoms. The monoisotopic (exact) mass is 564 g/mol. The smallest absolute Gasteiger partial charge is 0.399 e. The van der Waals surface area contributed by atoms with Crippen LogP contribution in [-0.4, -0.2) is 73.2 Å². The number of hydrogen-bond donors (Lipinski definition) is 0. The van der Waals surface area contributed by atoms with E-state index in [0.717, 1.165) is 28.8 Å². The number of carbonyl (C=O) groups excluding carboxylic acids is 2. The number of oxime groups is 1. The van der Waals surface area contributed by atoms with Gasteiger partial charge in [0.05, 0.1) is 17.8 Å². The maximum atomic E-state index is 13.7. The average molecular weight is 565 g/mol. The quantitative estimate of drug-likeness (QED) is 0.398. The summed E-state index contributed by atoms with van der Waals surface area (Å²) in [5.74, 6) is -0.437. The second-order valence-electron chi connectivity index (χ2n) is 10.2. The van der Waals surface area contributed by atoms with E-state index < -0.39 is 17.8 Å². The molecule has 214 valence electrons. The largest absolute Gasteiger partial charge is 0.416 e. The summed E-state index contributed by atoms with van der Waals surface area (Å²) >= 11 is 0. The van der Waals surface area contributed by atoms with Crippen LogP contribution in [0.3, 0.4) is 0 Å². The summed E-state index contributed by atoms with van der Waals surface area (Å²) in [6.45, 7) is 3.94. The van der Waals surface area contributed by atoms with Gasteiger partial charge >= 0.3 is 6.18 Å². The molecule has 1 atom stereocenters. The number of rotatable bonds is 5. The zero-order chi connectivity index (χ0) is 29.1. The van der Waals surface area contributed by atoms with Crippen LogP contribution < -0.4 is 4.90 Å². The molecule has 2 aliphatic heterocycles. The van der Waals surface area contributed by atoms with Crippen LogP contribution in [0.4, 0.5) is 18.9 Å². The van der Waals surface area contributed by atoms with Gasteiger partial charge in [0, 0.05) is 43.9 Å². The second kappa shape index (κ2) is 11.6. The molecule has 3 aromatic rings. The van der Waals surface area contributed by atoms with Gasteiger partial charge in [0.1, 0.15) is 13.2 Å². The third kappa shape index (κ3) is 6.06. The second-order valence-corrected chi connectivity index (χ2v) is 10.2. The van der Waals surface area contributed by atoms with E-state index in [9.17, 15) is 22.8 Å². The van der Waals surface area contributed by atoms with Crippen LogP contribution in [-0.2, 0) is 15.8 Å². The Hall–Kier alpha value is -4.34. The van der Waals surface area contributed by atoms with Crippen LogP contribution in [0, 0.1) is 6.92 Å². The van der Waals surface area contributed by atoms with Crippen LogP contribution in [0.1, 0.15) is 27.9 Å². The van der Waals surface area contributed by atoms with Crippen molar-refractivity contribution in [2.45, 2.75) is 25.6 Å². The zero-order valence-corrected chi connectivity index (χ0v) is 22.9. The fraction of sp³-hybridized carbons (Fsp3) is 0.323. The first-order valence-electron chi connectivity index (χ1n) is 13.4. The molecule has 7 nitrogen and oxygen atoms in total. The molecule has 2 aliphatic rings. The molecule has 5 rings (SSSR count). The Morgan fingerprint density at radius 1 is 0.902 bits per heavy atom. The van der Waals surface area contributed by atoms with Crippen LogP contribution >= 0.6 is 0 Å². The normalized spacial score (nSPS) is 18.6. The topological polar surface area (TPSA) is 65.5 Å². The maximum absolute atomic E-state index is 13.7. The summed E-state index contributed by atoms with van der Waals surface area (Å²) < 4.78 is 38.8. The summed E-state index contributed by atoms with van der Waals surface area (Å²) in [7, 11) is 1.43. The molecule has 3 aromatic carbocycles. The SMILES string of the molecule is CON=C1C[C@@H](C(=O)N2CCN(c3ccc(C(F)(F)F)cc3)CC2)N(C(=O)c2ccc(-c3ccccc3C)cc2)C1. The highest BCUT2D eigenvalue weighted by atomic mass is 19.4. The molecular formula is C31H31F3N4O3. The first-order valence-corrected chi connectivity index (χ1v) is 13.4. The molecule has 2 heterocycles. The summed E-state index contributed by atoms with van der Waals surface area (Å²) in [5, 5.41) is 4.03. The maximum Gasteiger partial charge on any atom is 0.416 e. The first-order chi connectivity index (χ1) is 19.7. The number of anilines is 1. The minimum atomic E-state index is -4.39. The van der Waals surface area contributed by atoms with Crippen molar-refractivity contribution in [2.75, 3.05) is 44.7 Å². The molecule has 2 amide bonds. The lowest BCUT2D eigenvalue weighted by Crippen LogP contribution is -2.54. The number of halogens is 3. The lowest BCUT2D eigenvalue weighted by molar-refractivity contribution is -0.137. The standard InChI is InChI=1S/C31H31F3N4O3/c1-21-5-3-4-6-27(21)22-7-9-23(10-8-22)29(39)38-20-25(35-41-2)19-28(38)30(40)37-17-15-36(16-18-37)26-13-11-24(12-14-26)31(32,33)34/h3-14,28H,15-20H2,1-2H3/t28-/m0/s1. The van der Waals surface area contributed by atoms with Gasteiger partial charge in [0.15, 0.2) is 0 Å². The Morgan fingerprint density at radius 2 is 1.56 bits per heavy atom. The summed E-state index contributed by atoms with van der Waals surface area (Å²) in [5.41, 5.74) is 4.29. The van der Waals surface area contributed by atoms with Crippen LogP contribution in [0.15, 0.2) is 78.0 Å².